The molecule has 0 bridgehead atoms. The van der Waals surface area contributed by atoms with Gasteiger partial charge in [-0.05, 0) is 43.1 Å². The van der Waals surface area contributed by atoms with Gasteiger partial charge in [-0.2, -0.15) is 0 Å². The summed E-state index contributed by atoms with van der Waals surface area (Å²) in [5.41, 5.74) is 4.42. The Morgan fingerprint density at radius 2 is 2.33 bits per heavy atom. The van der Waals surface area contributed by atoms with E-state index in [9.17, 15) is 4.79 Å². The monoisotopic (exact) mass is 246 g/mol. The molecular formula is C14H18N2O2. The second kappa shape index (κ2) is 4.28. The molecule has 2 unspecified atom stereocenters. The van der Waals surface area contributed by atoms with Crippen LogP contribution in [0.5, 0.6) is 0 Å². The molecule has 0 fully saturated rings. The van der Waals surface area contributed by atoms with Gasteiger partial charge in [0.2, 0.25) is 0 Å². The Labute approximate surface area is 107 Å². The molecule has 1 heterocycles. The summed E-state index contributed by atoms with van der Waals surface area (Å²) >= 11 is 0. The van der Waals surface area contributed by atoms with E-state index in [1.165, 1.54) is 23.9 Å². The molecule has 0 saturated carbocycles. The topological polar surface area (TPSA) is 50.4 Å². The lowest BCUT2D eigenvalue weighted by molar-refractivity contribution is 0.0599. The van der Waals surface area contributed by atoms with Crippen LogP contribution in [-0.4, -0.2) is 32.7 Å². The summed E-state index contributed by atoms with van der Waals surface area (Å²) in [4.78, 5) is 11.9. The Morgan fingerprint density at radius 3 is 3.06 bits per heavy atom. The van der Waals surface area contributed by atoms with E-state index in [0.29, 0.717) is 12.0 Å². The van der Waals surface area contributed by atoms with Crippen molar-refractivity contribution in [1.29, 1.82) is 0 Å². The standard InChI is InChI=1S/C14H18N2O2/c1-15-9-5-8-7-16-12-4-3-10(14(17)18-2)11(6-9)13(8)12/h3-4,8-9,15-16H,5-7H2,1-2H3. The second-order valence-electron chi connectivity index (χ2n) is 5.05. The zero-order chi connectivity index (χ0) is 12.7. The van der Waals surface area contributed by atoms with Crippen LogP contribution in [0.3, 0.4) is 0 Å². The molecule has 2 N–H and O–H groups in total. The van der Waals surface area contributed by atoms with Crippen LogP contribution in [0, 0.1) is 0 Å². The Morgan fingerprint density at radius 1 is 1.50 bits per heavy atom. The van der Waals surface area contributed by atoms with E-state index < -0.39 is 0 Å². The van der Waals surface area contributed by atoms with Gasteiger partial charge in [0.05, 0.1) is 12.7 Å². The van der Waals surface area contributed by atoms with Crippen molar-refractivity contribution in [3.63, 3.8) is 0 Å². The van der Waals surface area contributed by atoms with Crippen molar-refractivity contribution in [2.24, 2.45) is 0 Å². The lowest BCUT2D eigenvalue weighted by atomic mass is 9.79. The fourth-order valence-electron chi connectivity index (χ4n) is 3.24. The number of esters is 1. The molecule has 1 aromatic carbocycles. The van der Waals surface area contributed by atoms with Gasteiger partial charge >= 0.3 is 5.97 Å². The number of anilines is 1. The highest BCUT2D eigenvalue weighted by molar-refractivity contribution is 5.93. The van der Waals surface area contributed by atoms with E-state index in [1.807, 2.05) is 19.2 Å². The van der Waals surface area contributed by atoms with E-state index in [-0.39, 0.29) is 5.97 Å². The molecular weight excluding hydrogens is 228 g/mol. The number of rotatable bonds is 2. The summed E-state index contributed by atoms with van der Waals surface area (Å²) < 4.78 is 4.89. The maximum absolute atomic E-state index is 11.9. The minimum atomic E-state index is -0.227. The van der Waals surface area contributed by atoms with E-state index in [1.54, 1.807) is 0 Å². The quantitative estimate of drug-likeness (QED) is 0.777. The number of hydrogen-bond acceptors (Lipinski definition) is 4. The van der Waals surface area contributed by atoms with Gasteiger partial charge in [0.1, 0.15) is 0 Å². The predicted molar refractivity (Wildman–Crippen MR) is 70.2 cm³/mol. The first-order valence-electron chi connectivity index (χ1n) is 6.39. The predicted octanol–water partition coefficient (Wildman–Crippen LogP) is 1.52. The van der Waals surface area contributed by atoms with Gasteiger partial charge in [0.15, 0.2) is 0 Å². The molecule has 1 aliphatic carbocycles. The lowest BCUT2D eigenvalue weighted by Gasteiger charge is -2.29. The fourth-order valence-corrected chi connectivity index (χ4v) is 3.24. The third-order valence-corrected chi connectivity index (χ3v) is 4.14. The highest BCUT2D eigenvalue weighted by Crippen LogP contribution is 2.42. The van der Waals surface area contributed by atoms with Crippen molar-refractivity contribution >= 4 is 11.7 Å². The van der Waals surface area contributed by atoms with Crippen molar-refractivity contribution in [2.45, 2.75) is 24.8 Å². The van der Waals surface area contributed by atoms with E-state index >= 15 is 0 Å². The molecule has 4 nitrogen and oxygen atoms in total. The fraction of sp³-hybridized carbons (Fsp3) is 0.500. The third kappa shape index (κ3) is 1.60. The van der Waals surface area contributed by atoms with Gasteiger partial charge in [-0.3, -0.25) is 0 Å². The van der Waals surface area contributed by atoms with Crippen LogP contribution in [0.25, 0.3) is 0 Å². The Bertz CT molecular complexity index is 499. The highest BCUT2D eigenvalue weighted by atomic mass is 16.5. The van der Waals surface area contributed by atoms with Crippen LogP contribution in [0.1, 0.15) is 33.8 Å². The Balaban J connectivity index is 2.11. The first-order chi connectivity index (χ1) is 8.74. The average Bonchev–Trinajstić information content (AvgIpc) is 2.83. The van der Waals surface area contributed by atoms with Crippen LogP contribution in [-0.2, 0) is 11.2 Å². The average molecular weight is 246 g/mol. The van der Waals surface area contributed by atoms with Gasteiger partial charge in [-0.1, -0.05) is 0 Å². The summed E-state index contributed by atoms with van der Waals surface area (Å²) in [5, 5.41) is 6.77. The number of benzene rings is 1. The van der Waals surface area contributed by atoms with Crippen LogP contribution in [0.15, 0.2) is 12.1 Å². The molecule has 3 rings (SSSR count). The molecule has 2 aliphatic rings. The summed E-state index contributed by atoms with van der Waals surface area (Å²) in [6.07, 6.45) is 2.04. The van der Waals surface area contributed by atoms with Gasteiger partial charge in [0.25, 0.3) is 0 Å². The largest absolute Gasteiger partial charge is 0.465 e. The molecule has 4 heteroatoms. The number of carbonyl (C=O) groups excluding carboxylic acids is 1. The van der Waals surface area contributed by atoms with E-state index in [2.05, 4.69) is 10.6 Å². The van der Waals surface area contributed by atoms with Crippen molar-refractivity contribution in [1.82, 2.24) is 5.32 Å². The summed E-state index contributed by atoms with van der Waals surface area (Å²) in [6.45, 7) is 0.977. The first-order valence-corrected chi connectivity index (χ1v) is 6.39. The van der Waals surface area contributed by atoms with E-state index in [4.69, 9.17) is 4.74 Å². The number of carbonyl (C=O) groups is 1. The number of methoxy groups -OCH3 is 1. The molecule has 0 radical (unpaired) electrons. The van der Waals surface area contributed by atoms with Crippen molar-refractivity contribution < 1.29 is 9.53 Å². The third-order valence-electron chi connectivity index (χ3n) is 4.14. The molecule has 0 saturated heterocycles. The molecule has 96 valence electrons. The zero-order valence-electron chi connectivity index (χ0n) is 10.7. The van der Waals surface area contributed by atoms with Gasteiger partial charge in [-0.25, -0.2) is 4.79 Å². The normalized spacial score (nSPS) is 24.3. The lowest BCUT2D eigenvalue weighted by Crippen LogP contribution is -2.34. The first kappa shape index (κ1) is 11.5. The summed E-state index contributed by atoms with van der Waals surface area (Å²) in [5.74, 6) is 0.293. The number of hydrogen-bond donors (Lipinski definition) is 2. The van der Waals surface area contributed by atoms with Gasteiger partial charge in [-0.15, -0.1) is 0 Å². The van der Waals surface area contributed by atoms with Crippen molar-refractivity contribution in [3.05, 3.63) is 28.8 Å². The number of nitrogens with one attached hydrogen (secondary N) is 2. The molecule has 2 atom stereocenters. The minimum absolute atomic E-state index is 0.227. The van der Waals surface area contributed by atoms with E-state index in [0.717, 1.165) is 24.9 Å². The maximum atomic E-state index is 11.9. The second-order valence-corrected chi connectivity index (χ2v) is 5.05. The van der Waals surface area contributed by atoms with Crippen molar-refractivity contribution in [2.75, 3.05) is 26.0 Å². The Kier molecular flexibility index (Phi) is 2.74. The Hall–Kier alpha value is -1.55. The van der Waals surface area contributed by atoms with Crippen LogP contribution in [0.4, 0.5) is 5.69 Å². The van der Waals surface area contributed by atoms with Crippen molar-refractivity contribution in [3.8, 4) is 0 Å². The maximum Gasteiger partial charge on any atom is 0.338 e. The van der Waals surface area contributed by atoms with Crippen LogP contribution < -0.4 is 10.6 Å². The molecule has 0 aromatic heterocycles. The van der Waals surface area contributed by atoms with Gasteiger partial charge in [0, 0.05) is 24.2 Å². The highest BCUT2D eigenvalue weighted by Gasteiger charge is 2.34. The molecule has 18 heavy (non-hydrogen) atoms. The molecule has 1 aromatic rings. The smallest absolute Gasteiger partial charge is 0.338 e. The van der Waals surface area contributed by atoms with Crippen LogP contribution >= 0.6 is 0 Å². The van der Waals surface area contributed by atoms with Gasteiger partial charge < -0.3 is 15.4 Å². The molecule has 1 aliphatic heterocycles. The molecule has 0 spiro atoms. The minimum Gasteiger partial charge on any atom is -0.465 e. The summed E-state index contributed by atoms with van der Waals surface area (Å²) in [7, 11) is 3.43. The molecule has 0 amide bonds. The summed E-state index contributed by atoms with van der Waals surface area (Å²) in [6, 6.07) is 4.33. The zero-order valence-corrected chi connectivity index (χ0v) is 10.7. The SMILES string of the molecule is CNC1Cc2c(C(=O)OC)ccc3c2C(CN3)C1. The number of likely N-dealkylation sites (N-methyl/N-ethyl adjacent to an activating group) is 1. The van der Waals surface area contributed by atoms with Crippen LogP contribution in [0.2, 0.25) is 0 Å². The number of ether oxygens (including phenoxy) is 1.